The Balaban J connectivity index is 2.01. The summed E-state index contributed by atoms with van der Waals surface area (Å²) >= 11 is 0. The van der Waals surface area contributed by atoms with Gasteiger partial charge < -0.3 is 5.11 Å². The molecular weight excluding hydrogens is 266 g/mol. The fraction of sp³-hybridized carbons (Fsp3) is 0.312. The van der Waals surface area contributed by atoms with Gasteiger partial charge in [0.1, 0.15) is 6.04 Å². The first-order chi connectivity index (χ1) is 10.1. The van der Waals surface area contributed by atoms with Gasteiger partial charge in [-0.25, -0.2) is 9.97 Å². The molecule has 2 N–H and O–H groups in total. The molecule has 5 heteroatoms. The van der Waals surface area contributed by atoms with Gasteiger partial charge >= 0.3 is 5.97 Å². The van der Waals surface area contributed by atoms with Crippen LogP contribution in [0.5, 0.6) is 0 Å². The molecule has 0 unspecified atom stereocenters. The van der Waals surface area contributed by atoms with Crippen molar-refractivity contribution in [2.75, 3.05) is 0 Å². The predicted octanol–water partition coefficient (Wildman–Crippen LogP) is 2.34. The van der Waals surface area contributed by atoms with Crippen LogP contribution in [0.3, 0.4) is 0 Å². The molecule has 1 atom stereocenters. The van der Waals surface area contributed by atoms with Crippen molar-refractivity contribution in [1.82, 2.24) is 15.3 Å². The second-order valence-corrected chi connectivity index (χ2v) is 5.22. The molecule has 0 aliphatic rings. The molecule has 0 aliphatic heterocycles. The van der Waals surface area contributed by atoms with Gasteiger partial charge in [0.2, 0.25) is 0 Å². The lowest BCUT2D eigenvalue weighted by molar-refractivity contribution is -0.140. The van der Waals surface area contributed by atoms with E-state index in [4.69, 9.17) is 5.11 Å². The Morgan fingerprint density at radius 2 is 1.81 bits per heavy atom. The van der Waals surface area contributed by atoms with E-state index in [-0.39, 0.29) is 5.92 Å². The highest BCUT2D eigenvalue weighted by Crippen LogP contribution is 2.13. The Morgan fingerprint density at radius 3 is 2.33 bits per heavy atom. The highest BCUT2D eigenvalue weighted by molar-refractivity contribution is 5.73. The van der Waals surface area contributed by atoms with E-state index in [0.717, 1.165) is 11.1 Å². The van der Waals surface area contributed by atoms with E-state index in [1.54, 1.807) is 12.4 Å². The van der Waals surface area contributed by atoms with Crippen LogP contribution in [0, 0.1) is 5.92 Å². The number of nitrogens with zero attached hydrogens (tertiary/aromatic N) is 2. The first kappa shape index (κ1) is 15.1. The van der Waals surface area contributed by atoms with E-state index >= 15 is 0 Å². The van der Waals surface area contributed by atoms with E-state index < -0.39 is 12.0 Å². The van der Waals surface area contributed by atoms with Gasteiger partial charge in [0, 0.05) is 30.1 Å². The quantitative estimate of drug-likeness (QED) is 0.852. The second-order valence-electron chi connectivity index (χ2n) is 5.22. The van der Waals surface area contributed by atoms with Gasteiger partial charge in [0.15, 0.2) is 5.82 Å². The van der Waals surface area contributed by atoms with Crippen LogP contribution >= 0.6 is 0 Å². The zero-order chi connectivity index (χ0) is 15.2. The summed E-state index contributed by atoms with van der Waals surface area (Å²) in [5.41, 5.74) is 1.82. The number of hydrogen-bond acceptors (Lipinski definition) is 4. The molecule has 2 rings (SSSR count). The number of hydrogen-bond donors (Lipinski definition) is 2. The van der Waals surface area contributed by atoms with Crippen LogP contribution in [0.1, 0.15) is 19.4 Å². The average molecular weight is 285 g/mol. The number of nitrogens with one attached hydrogen (secondary N) is 1. The topological polar surface area (TPSA) is 75.1 Å². The molecule has 5 nitrogen and oxygen atoms in total. The van der Waals surface area contributed by atoms with Crippen molar-refractivity contribution in [3.63, 3.8) is 0 Å². The Kier molecular flexibility index (Phi) is 5.00. The van der Waals surface area contributed by atoms with E-state index in [2.05, 4.69) is 15.3 Å². The summed E-state index contributed by atoms with van der Waals surface area (Å²) in [6, 6.07) is 9.15. The zero-order valence-electron chi connectivity index (χ0n) is 12.2. The van der Waals surface area contributed by atoms with Gasteiger partial charge in [-0.2, -0.15) is 0 Å². The molecule has 1 aromatic carbocycles. The maximum Gasteiger partial charge on any atom is 0.320 e. The summed E-state index contributed by atoms with van der Waals surface area (Å²) in [7, 11) is 0. The Bertz CT molecular complexity index is 582. The van der Waals surface area contributed by atoms with Crippen molar-refractivity contribution in [2.24, 2.45) is 5.92 Å². The molecule has 2 aromatic rings. The van der Waals surface area contributed by atoms with Crippen LogP contribution in [-0.4, -0.2) is 27.1 Å². The van der Waals surface area contributed by atoms with Crippen molar-refractivity contribution in [2.45, 2.75) is 26.4 Å². The number of carboxylic acid groups (broad SMARTS) is 1. The Hall–Kier alpha value is -2.27. The van der Waals surface area contributed by atoms with Gasteiger partial charge in [-0.1, -0.05) is 44.2 Å². The third-order valence-electron chi connectivity index (χ3n) is 3.20. The number of carbonyl (C=O) groups is 1. The minimum absolute atomic E-state index is 0.0204. The number of aromatic nitrogens is 2. The SMILES string of the molecule is CC(C)[C@H](NCc1cnc(-c2ccccc2)nc1)C(=O)O. The van der Waals surface area contributed by atoms with Crippen molar-refractivity contribution in [3.05, 3.63) is 48.3 Å². The normalized spacial score (nSPS) is 12.3. The highest BCUT2D eigenvalue weighted by Gasteiger charge is 2.20. The zero-order valence-corrected chi connectivity index (χ0v) is 12.2. The summed E-state index contributed by atoms with van der Waals surface area (Å²) in [4.78, 5) is 19.7. The van der Waals surface area contributed by atoms with Gasteiger partial charge in [-0.3, -0.25) is 10.1 Å². The van der Waals surface area contributed by atoms with Crippen molar-refractivity contribution in [1.29, 1.82) is 0 Å². The largest absolute Gasteiger partial charge is 0.480 e. The first-order valence-electron chi connectivity index (χ1n) is 6.90. The molecule has 0 aliphatic carbocycles. The molecule has 21 heavy (non-hydrogen) atoms. The number of carboxylic acids is 1. The van der Waals surface area contributed by atoms with Crippen LogP contribution < -0.4 is 5.32 Å². The minimum Gasteiger partial charge on any atom is -0.480 e. The molecule has 0 amide bonds. The van der Waals surface area contributed by atoms with Crippen LogP contribution in [0.25, 0.3) is 11.4 Å². The molecule has 1 heterocycles. The summed E-state index contributed by atoms with van der Waals surface area (Å²) in [6.45, 7) is 4.19. The lowest BCUT2D eigenvalue weighted by Gasteiger charge is -2.17. The monoisotopic (exact) mass is 285 g/mol. The maximum atomic E-state index is 11.1. The van der Waals surface area contributed by atoms with Crippen LogP contribution in [0.4, 0.5) is 0 Å². The fourth-order valence-electron chi connectivity index (χ4n) is 2.02. The van der Waals surface area contributed by atoms with Crippen LogP contribution in [-0.2, 0) is 11.3 Å². The molecule has 0 radical (unpaired) electrons. The van der Waals surface area contributed by atoms with Crippen LogP contribution in [0.2, 0.25) is 0 Å². The fourth-order valence-corrected chi connectivity index (χ4v) is 2.02. The predicted molar refractivity (Wildman–Crippen MR) is 80.6 cm³/mol. The van der Waals surface area contributed by atoms with Gasteiger partial charge in [-0.05, 0) is 5.92 Å². The van der Waals surface area contributed by atoms with E-state index in [1.165, 1.54) is 0 Å². The summed E-state index contributed by atoms with van der Waals surface area (Å²) < 4.78 is 0. The summed E-state index contributed by atoms with van der Waals surface area (Å²) in [5.74, 6) is -0.156. The van der Waals surface area contributed by atoms with Crippen molar-refractivity contribution >= 4 is 5.97 Å². The first-order valence-corrected chi connectivity index (χ1v) is 6.90. The van der Waals surface area contributed by atoms with E-state index in [0.29, 0.717) is 12.4 Å². The maximum absolute atomic E-state index is 11.1. The number of aliphatic carboxylic acids is 1. The second kappa shape index (κ2) is 6.95. The summed E-state index contributed by atoms with van der Waals surface area (Å²) in [6.07, 6.45) is 3.45. The van der Waals surface area contributed by atoms with Crippen molar-refractivity contribution in [3.8, 4) is 11.4 Å². The average Bonchev–Trinajstić information content (AvgIpc) is 2.48. The highest BCUT2D eigenvalue weighted by atomic mass is 16.4. The summed E-state index contributed by atoms with van der Waals surface area (Å²) in [5, 5.41) is 12.1. The van der Waals surface area contributed by atoms with Gasteiger partial charge in [0.05, 0.1) is 0 Å². The number of benzene rings is 1. The van der Waals surface area contributed by atoms with Gasteiger partial charge in [-0.15, -0.1) is 0 Å². The molecule has 0 spiro atoms. The third-order valence-corrected chi connectivity index (χ3v) is 3.20. The molecule has 110 valence electrons. The Labute approximate surface area is 124 Å². The lowest BCUT2D eigenvalue weighted by Crippen LogP contribution is -2.40. The smallest absolute Gasteiger partial charge is 0.320 e. The van der Waals surface area contributed by atoms with Crippen LogP contribution in [0.15, 0.2) is 42.7 Å². The molecule has 0 saturated carbocycles. The molecular formula is C16H19N3O2. The Morgan fingerprint density at radius 1 is 1.19 bits per heavy atom. The van der Waals surface area contributed by atoms with E-state index in [9.17, 15) is 4.79 Å². The number of rotatable bonds is 6. The minimum atomic E-state index is -0.841. The standard InChI is InChI=1S/C16H19N3O2/c1-11(2)14(16(20)21)17-8-12-9-18-15(19-10-12)13-6-4-3-5-7-13/h3-7,9-11,14,17H,8H2,1-2H3,(H,20,21)/t14-/m0/s1. The lowest BCUT2D eigenvalue weighted by atomic mass is 10.0. The molecule has 0 fully saturated rings. The van der Waals surface area contributed by atoms with E-state index in [1.807, 2.05) is 44.2 Å². The molecule has 0 bridgehead atoms. The van der Waals surface area contributed by atoms with Crippen molar-refractivity contribution < 1.29 is 9.90 Å². The molecule has 0 saturated heterocycles. The third kappa shape index (κ3) is 4.10. The molecule has 1 aromatic heterocycles. The van der Waals surface area contributed by atoms with Gasteiger partial charge in [0.25, 0.3) is 0 Å².